The molecule has 1 aromatic heterocycles. The number of hydrogen-bond donors (Lipinski definition) is 1. The molecule has 5 nitrogen and oxygen atoms in total. The van der Waals surface area contributed by atoms with Gasteiger partial charge in [0.25, 0.3) is 0 Å². The van der Waals surface area contributed by atoms with Gasteiger partial charge in [-0.3, -0.25) is 0 Å². The maximum absolute atomic E-state index is 12.2. The van der Waals surface area contributed by atoms with Crippen molar-refractivity contribution in [3.63, 3.8) is 0 Å². The molecule has 1 heterocycles. The Morgan fingerprint density at radius 3 is 2.03 bits per heavy atom. The number of nitrogens with one attached hydrogen (secondary N) is 1. The Balaban J connectivity index is 1.44. The fourth-order valence-corrected chi connectivity index (χ4v) is 2.69. The lowest BCUT2D eigenvalue weighted by atomic mass is 10.2. The minimum absolute atomic E-state index is 0.304. The van der Waals surface area contributed by atoms with Crippen molar-refractivity contribution in [2.24, 2.45) is 0 Å². The summed E-state index contributed by atoms with van der Waals surface area (Å²) in [4.78, 5) is 8.51. The summed E-state index contributed by atoms with van der Waals surface area (Å²) >= 11 is 0. The highest BCUT2D eigenvalue weighted by Gasteiger charge is 2.30. The zero-order chi connectivity index (χ0) is 20.3. The van der Waals surface area contributed by atoms with Gasteiger partial charge in [-0.2, -0.15) is 0 Å². The lowest BCUT2D eigenvalue weighted by molar-refractivity contribution is -0.274. The van der Waals surface area contributed by atoms with Crippen LogP contribution in [0.4, 0.5) is 24.7 Å². The van der Waals surface area contributed by atoms with Gasteiger partial charge in [0, 0.05) is 11.1 Å². The van der Waals surface area contributed by atoms with Crippen LogP contribution in [-0.2, 0) is 0 Å². The van der Waals surface area contributed by atoms with Crippen LogP contribution < -0.4 is 14.8 Å². The topological polar surface area (TPSA) is 56.3 Å². The number of fused-ring (bicyclic) bond motifs is 1. The van der Waals surface area contributed by atoms with Crippen LogP contribution in [0.1, 0.15) is 0 Å². The molecule has 0 aliphatic heterocycles. The molecule has 1 N–H and O–H groups in total. The average molecular weight is 397 g/mol. The number of alkyl halides is 3. The zero-order valence-electron chi connectivity index (χ0n) is 14.9. The molecule has 0 aliphatic carbocycles. The summed E-state index contributed by atoms with van der Waals surface area (Å²) in [5.41, 5.74) is 1.64. The Hall–Kier alpha value is -3.81. The molecule has 0 aliphatic rings. The van der Waals surface area contributed by atoms with E-state index in [-0.39, 0.29) is 5.75 Å². The highest BCUT2D eigenvalue weighted by Crippen LogP contribution is 2.29. The number of anilines is 2. The summed E-state index contributed by atoms with van der Waals surface area (Å²) in [6.07, 6.45) is -3.23. The lowest BCUT2D eigenvalue weighted by Gasteiger charge is -2.11. The minimum Gasteiger partial charge on any atom is -0.457 e. The normalized spacial score (nSPS) is 11.3. The van der Waals surface area contributed by atoms with Gasteiger partial charge in [-0.15, -0.1) is 13.2 Å². The maximum atomic E-state index is 12.2. The molecule has 0 atom stereocenters. The van der Waals surface area contributed by atoms with Gasteiger partial charge in [0.15, 0.2) is 0 Å². The van der Waals surface area contributed by atoms with Crippen molar-refractivity contribution < 1.29 is 22.6 Å². The van der Waals surface area contributed by atoms with Crippen LogP contribution in [0.5, 0.6) is 17.2 Å². The molecular formula is C21H14F3N3O2. The zero-order valence-corrected chi connectivity index (χ0v) is 14.9. The third kappa shape index (κ3) is 4.73. The fourth-order valence-electron chi connectivity index (χ4n) is 2.69. The SMILES string of the molecule is FC(F)(F)Oc1ccc(Oc2ccc(Nc3ncnc4ccccc34)cc2)cc1. The van der Waals surface area contributed by atoms with Crippen LogP contribution in [0.25, 0.3) is 10.9 Å². The lowest BCUT2D eigenvalue weighted by Crippen LogP contribution is -2.16. The molecular weight excluding hydrogens is 383 g/mol. The molecule has 3 aromatic carbocycles. The molecule has 29 heavy (non-hydrogen) atoms. The van der Waals surface area contributed by atoms with Gasteiger partial charge in [0.1, 0.15) is 29.4 Å². The van der Waals surface area contributed by atoms with E-state index in [0.717, 1.165) is 16.6 Å². The van der Waals surface area contributed by atoms with Crippen LogP contribution in [0, 0.1) is 0 Å². The second kappa shape index (κ2) is 7.67. The molecule has 0 radical (unpaired) electrons. The van der Waals surface area contributed by atoms with Gasteiger partial charge in [0.05, 0.1) is 5.52 Å². The van der Waals surface area contributed by atoms with E-state index in [1.54, 1.807) is 12.1 Å². The van der Waals surface area contributed by atoms with E-state index in [0.29, 0.717) is 17.3 Å². The molecule has 146 valence electrons. The van der Waals surface area contributed by atoms with Crippen LogP contribution >= 0.6 is 0 Å². The summed E-state index contributed by atoms with van der Waals surface area (Å²) < 4.78 is 46.1. The number of rotatable bonds is 5. The number of para-hydroxylation sites is 1. The maximum Gasteiger partial charge on any atom is 0.573 e. The summed E-state index contributed by atoms with van der Waals surface area (Å²) in [7, 11) is 0. The molecule has 0 saturated carbocycles. The number of nitrogens with zero attached hydrogens (tertiary/aromatic N) is 2. The monoisotopic (exact) mass is 397 g/mol. The molecule has 0 unspecified atom stereocenters. The van der Waals surface area contributed by atoms with Crippen molar-refractivity contribution in [2.45, 2.75) is 6.36 Å². The van der Waals surface area contributed by atoms with Gasteiger partial charge < -0.3 is 14.8 Å². The van der Waals surface area contributed by atoms with Crippen LogP contribution in [0.2, 0.25) is 0 Å². The molecule has 0 bridgehead atoms. The van der Waals surface area contributed by atoms with Crippen LogP contribution in [-0.4, -0.2) is 16.3 Å². The number of ether oxygens (including phenoxy) is 2. The molecule has 4 aromatic rings. The number of hydrogen-bond acceptors (Lipinski definition) is 5. The standard InChI is InChI=1S/C21H14F3N3O2/c22-21(23,24)29-17-11-9-16(10-12-17)28-15-7-5-14(6-8-15)27-20-18-3-1-2-4-19(18)25-13-26-20/h1-13H,(H,25,26,27). The predicted molar refractivity (Wildman–Crippen MR) is 102 cm³/mol. The van der Waals surface area contributed by atoms with Gasteiger partial charge in [0.2, 0.25) is 0 Å². The smallest absolute Gasteiger partial charge is 0.457 e. The predicted octanol–water partition coefficient (Wildman–Crippen LogP) is 6.06. The van der Waals surface area contributed by atoms with Gasteiger partial charge in [-0.1, -0.05) is 12.1 Å². The van der Waals surface area contributed by atoms with E-state index < -0.39 is 6.36 Å². The first-order valence-corrected chi connectivity index (χ1v) is 8.57. The summed E-state index contributed by atoms with van der Waals surface area (Å²) in [6, 6.07) is 20.0. The molecule has 4 rings (SSSR count). The highest BCUT2D eigenvalue weighted by atomic mass is 19.4. The first-order chi connectivity index (χ1) is 14.0. The summed E-state index contributed by atoms with van der Waals surface area (Å²) in [6.45, 7) is 0. The minimum atomic E-state index is -4.72. The van der Waals surface area contributed by atoms with E-state index >= 15 is 0 Å². The Labute approximate surface area is 163 Å². The van der Waals surface area contributed by atoms with Gasteiger partial charge in [-0.05, 0) is 60.7 Å². The average Bonchev–Trinajstić information content (AvgIpc) is 2.70. The van der Waals surface area contributed by atoms with E-state index in [1.807, 2.05) is 36.4 Å². The molecule has 0 saturated heterocycles. The first kappa shape index (κ1) is 18.5. The van der Waals surface area contributed by atoms with E-state index in [2.05, 4.69) is 20.0 Å². The second-order valence-corrected chi connectivity index (χ2v) is 6.01. The number of halogens is 3. The van der Waals surface area contributed by atoms with E-state index in [9.17, 15) is 13.2 Å². The largest absolute Gasteiger partial charge is 0.573 e. The molecule has 8 heteroatoms. The van der Waals surface area contributed by atoms with Crippen molar-refractivity contribution >= 4 is 22.4 Å². The Kier molecular flexibility index (Phi) is 4.90. The van der Waals surface area contributed by atoms with Gasteiger partial charge >= 0.3 is 6.36 Å². The quantitative estimate of drug-likeness (QED) is 0.443. The first-order valence-electron chi connectivity index (χ1n) is 8.57. The van der Waals surface area contributed by atoms with Crippen molar-refractivity contribution in [2.75, 3.05) is 5.32 Å². The number of aromatic nitrogens is 2. The van der Waals surface area contributed by atoms with Crippen LogP contribution in [0.15, 0.2) is 79.1 Å². The number of benzene rings is 3. The fraction of sp³-hybridized carbons (Fsp3) is 0.0476. The van der Waals surface area contributed by atoms with Gasteiger partial charge in [-0.25, -0.2) is 9.97 Å². The van der Waals surface area contributed by atoms with Crippen molar-refractivity contribution in [1.82, 2.24) is 9.97 Å². The van der Waals surface area contributed by atoms with Crippen LogP contribution in [0.3, 0.4) is 0 Å². The Morgan fingerprint density at radius 1 is 0.724 bits per heavy atom. The Bertz CT molecular complexity index is 1110. The van der Waals surface area contributed by atoms with E-state index in [4.69, 9.17) is 4.74 Å². The molecule has 0 spiro atoms. The third-order valence-electron chi connectivity index (χ3n) is 3.95. The molecule has 0 amide bonds. The third-order valence-corrected chi connectivity index (χ3v) is 3.95. The molecule has 0 fully saturated rings. The summed E-state index contributed by atoms with van der Waals surface area (Å²) in [5, 5.41) is 4.14. The Morgan fingerprint density at radius 2 is 1.34 bits per heavy atom. The van der Waals surface area contributed by atoms with E-state index in [1.165, 1.54) is 30.6 Å². The van der Waals surface area contributed by atoms with Crippen molar-refractivity contribution in [1.29, 1.82) is 0 Å². The second-order valence-electron chi connectivity index (χ2n) is 6.01. The van der Waals surface area contributed by atoms with Crippen molar-refractivity contribution in [3.8, 4) is 17.2 Å². The summed E-state index contributed by atoms with van der Waals surface area (Å²) in [5.74, 6) is 1.31. The highest BCUT2D eigenvalue weighted by molar-refractivity contribution is 5.90. The van der Waals surface area contributed by atoms with Crippen molar-refractivity contribution in [3.05, 3.63) is 79.1 Å².